The van der Waals surface area contributed by atoms with Gasteiger partial charge in [0.2, 0.25) is 0 Å². The second-order valence-corrected chi connectivity index (χ2v) is 5.36. The third kappa shape index (κ3) is 3.46. The number of carboxylic acids is 1. The molecule has 0 aliphatic carbocycles. The average molecular weight is 262 g/mol. The van der Waals surface area contributed by atoms with E-state index >= 15 is 0 Å². The van der Waals surface area contributed by atoms with Crippen LogP contribution in [-0.4, -0.2) is 28.6 Å². The summed E-state index contributed by atoms with van der Waals surface area (Å²) in [5.74, 6) is -0.714. The maximum Gasteiger partial charge on any atom is 0.326 e. The first-order valence-electron chi connectivity index (χ1n) is 7.02. The third-order valence-electron chi connectivity index (χ3n) is 3.69. The van der Waals surface area contributed by atoms with Gasteiger partial charge in [-0.15, -0.1) is 0 Å². The van der Waals surface area contributed by atoms with Gasteiger partial charge in [-0.25, -0.2) is 4.79 Å². The quantitative estimate of drug-likeness (QED) is 0.890. The summed E-state index contributed by atoms with van der Waals surface area (Å²) in [6.45, 7) is 4.73. The molecule has 0 radical (unpaired) electrons. The molecular weight excluding hydrogens is 240 g/mol. The van der Waals surface area contributed by atoms with Crippen molar-refractivity contribution in [1.82, 2.24) is 4.98 Å². The van der Waals surface area contributed by atoms with Gasteiger partial charge in [0.15, 0.2) is 0 Å². The summed E-state index contributed by atoms with van der Waals surface area (Å²) >= 11 is 0. The number of rotatable bonds is 2. The monoisotopic (exact) mass is 262 g/mol. The Balaban J connectivity index is 2.32. The van der Waals surface area contributed by atoms with Crippen molar-refractivity contribution in [2.24, 2.45) is 0 Å². The highest BCUT2D eigenvalue weighted by molar-refractivity contribution is 5.78. The van der Waals surface area contributed by atoms with Gasteiger partial charge >= 0.3 is 5.97 Å². The van der Waals surface area contributed by atoms with E-state index in [4.69, 9.17) is 0 Å². The van der Waals surface area contributed by atoms with E-state index in [0.29, 0.717) is 0 Å². The van der Waals surface area contributed by atoms with Gasteiger partial charge in [0, 0.05) is 23.6 Å². The van der Waals surface area contributed by atoms with Crippen LogP contribution in [0.4, 0.5) is 5.69 Å². The summed E-state index contributed by atoms with van der Waals surface area (Å²) in [4.78, 5) is 17.9. The Hall–Kier alpha value is -1.58. The normalized spacial score (nSPS) is 20.7. The zero-order valence-electron chi connectivity index (χ0n) is 11.7. The lowest BCUT2D eigenvalue weighted by molar-refractivity contribution is -0.138. The van der Waals surface area contributed by atoms with E-state index in [1.807, 2.05) is 30.9 Å². The van der Waals surface area contributed by atoms with Gasteiger partial charge in [0.25, 0.3) is 0 Å². The summed E-state index contributed by atoms with van der Waals surface area (Å²) in [5, 5.41) is 9.47. The number of carboxylic acid groups (broad SMARTS) is 1. The molecule has 0 bridgehead atoms. The molecule has 1 atom stereocenters. The van der Waals surface area contributed by atoms with Gasteiger partial charge in [0.05, 0.1) is 0 Å². The predicted molar refractivity (Wildman–Crippen MR) is 75.6 cm³/mol. The predicted octanol–water partition coefficient (Wildman–Crippen LogP) is 2.92. The van der Waals surface area contributed by atoms with Crippen molar-refractivity contribution >= 4 is 11.7 Å². The first kappa shape index (κ1) is 13.8. The Morgan fingerprint density at radius 3 is 2.47 bits per heavy atom. The standard InChI is InChI=1S/C15H22N2O2/c1-11-9-13(10-12(2)16-11)17-8-6-4-3-5-7-14(17)15(18)19/h9-10,14H,3-8H2,1-2H3,(H,18,19). The van der Waals surface area contributed by atoms with Crippen LogP contribution >= 0.6 is 0 Å². The van der Waals surface area contributed by atoms with Crippen LogP contribution in [0, 0.1) is 13.8 Å². The first-order chi connectivity index (χ1) is 9.08. The molecule has 0 spiro atoms. The van der Waals surface area contributed by atoms with Crippen LogP contribution in [0.1, 0.15) is 43.5 Å². The van der Waals surface area contributed by atoms with Crippen molar-refractivity contribution in [3.05, 3.63) is 23.5 Å². The lowest BCUT2D eigenvalue weighted by Crippen LogP contribution is -2.42. The summed E-state index contributed by atoms with van der Waals surface area (Å²) in [7, 11) is 0. The van der Waals surface area contributed by atoms with Crippen molar-refractivity contribution in [3.8, 4) is 0 Å². The molecule has 1 N–H and O–H groups in total. The van der Waals surface area contributed by atoms with E-state index in [-0.39, 0.29) is 0 Å². The number of hydrogen-bond donors (Lipinski definition) is 1. The molecule has 104 valence electrons. The summed E-state index contributed by atoms with van der Waals surface area (Å²) in [6, 6.07) is 3.58. The number of nitrogens with zero attached hydrogens (tertiary/aromatic N) is 2. The molecule has 1 unspecified atom stereocenters. The van der Waals surface area contributed by atoms with E-state index in [2.05, 4.69) is 4.98 Å². The first-order valence-corrected chi connectivity index (χ1v) is 7.02. The van der Waals surface area contributed by atoms with Gasteiger partial charge in [-0.3, -0.25) is 4.98 Å². The third-order valence-corrected chi connectivity index (χ3v) is 3.69. The maximum absolute atomic E-state index is 11.5. The van der Waals surface area contributed by atoms with Crippen LogP contribution in [0.25, 0.3) is 0 Å². The fourth-order valence-electron chi connectivity index (χ4n) is 2.83. The number of aliphatic carboxylic acids is 1. The molecule has 2 heterocycles. The molecular formula is C15H22N2O2. The molecule has 0 saturated carbocycles. The Morgan fingerprint density at radius 2 is 1.84 bits per heavy atom. The molecule has 1 aromatic rings. The van der Waals surface area contributed by atoms with Crippen LogP contribution in [-0.2, 0) is 4.79 Å². The van der Waals surface area contributed by atoms with E-state index < -0.39 is 12.0 Å². The zero-order valence-corrected chi connectivity index (χ0v) is 11.7. The lowest BCUT2D eigenvalue weighted by atomic mass is 10.0. The smallest absolute Gasteiger partial charge is 0.326 e. The van der Waals surface area contributed by atoms with E-state index in [1.54, 1.807) is 0 Å². The lowest BCUT2D eigenvalue weighted by Gasteiger charge is -2.33. The summed E-state index contributed by atoms with van der Waals surface area (Å²) in [6.07, 6.45) is 5.12. The number of aromatic nitrogens is 1. The fraction of sp³-hybridized carbons (Fsp3) is 0.600. The molecule has 2 rings (SSSR count). The Morgan fingerprint density at radius 1 is 1.21 bits per heavy atom. The van der Waals surface area contributed by atoms with Gasteiger partial charge < -0.3 is 10.0 Å². The topological polar surface area (TPSA) is 53.4 Å². The minimum Gasteiger partial charge on any atom is -0.480 e. The molecule has 19 heavy (non-hydrogen) atoms. The molecule has 1 aliphatic rings. The van der Waals surface area contributed by atoms with Crippen molar-refractivity contribution in [2.75, 3.05) is 11.4 Å². The van der Waals surface area contributed by atoms with Gasteiger partial charge in [-0.2, -0.15) is 0 Å². The Labute approximate surface area is 114 Å². The van der Waals surface area contributed by atoms with Crippen molar-refractivity contribution in [3.63, 3.8) is 0 Å². The number of aryl methyl sites for hydroxylation is 2. The fourth-order valence-corrected chi connectivity index (χ4v) is 2.83. The van der Waals surface area contributed by atoms with Crippen molar-refractivity contribution in [1.29, 1.82) is 0 Å². The summed E-state index contributed by atoms with van der Waals surface area (Å²) in [5.41, 5.74) is 2.89. The van der Waals surface area contributed by atoms with Crippen molar-refractivity contribution < 1.29 is 9.90 Å². The summed E-state index contributed by atoms with van der Waals surface area (Å²) < 4.78 is 0. The number of carbonyl (C=O) groups is 1. The zero-order chi connectivity index (χ0) is 13.8. The molecule has 1 fully saturated rings. The molecule has 1 aliphatic heterocycles. The Kier molecular flexibility index (Phi) is 4.40. The van der Waals surface area contributed by atoms with Crippen LogP contribution < -0.4 is 4.90 Å². The second-order valence-electron chi connectivity index (χ2n) is 5.36. The molecule has 0 aromatic carbocycles. The maximum atomic E-state index is 11.5. The van der Waals surface area contributed by atoms with E-state index in [0.717, 1.165) is 49.3 Å². The van der Waals surface area contributed by atoms with Crippen LogP contribution in [0.3, 0.4) is 0 Å². The van der Waals surface area contributed by atoms with E-state index in [1.165, 1.54) is 6.42 Å². The number of anilines is 1. The molecule has 1 aromatic heterocycles. The minimum absolute atomic E-state index is 0.401. The Bertz CT molecular complexity index is 439. The highest BCUT2D eigenvalue weighted by Gasteiger charge is 2.26. The van der Waals surface area contributed by atoms with Crippen LogP contribution in [0.15, 0.2) is 12.1 Å². The highest BCUT2D eigenvalue weighted by atomic mass is 16.4. The molecule has 4 nitrogen and oxygen atoms in total. The average Bonchev–Trinajstić information content (AvgIpc) is 2.26. The van der Waals surface area contributed by atoms with Crippen molar-refractivity contribution in [2.45, 2.75) is 52.0 Å². The van der Waals surface area contributed by atoms with Gasteiger partial charge in [-0.05, 0) is 38.8 Å². The number of hydrogen-bond acceptors (Lipinski definition) is 3. The minimum atomic E-state index is -0.714. The highest BCUT2D eigenvalue weighted by Crippen LogP contribution is 2.25. The van der Waals surface area contributed by atoms with Crippen LogP contribution in [0.2, 0.25) is 0 Å². The second kappa shape index (κ2) is 6.04. The SMILES string of the molecule is Cc1cc(N2CCCCCCC2C(=O)O)cc(C)n1. The van der Waals surface area contributed by atoms with E-state index in [9.17, 15) is 9.90 Å². The van der Waals surface area contributed by atoms with Gasteiger partial charge in [0.1, 0.15) is 6.04 Å². The molecule has 0 amide bonds. The molecule has 1 saturated heterocycles. The van der Waals surface area contributed by atoms with Crippen LogP contribution in [0.5, 0.6) is 0 Å². The molecule has 4 heteroatoms. The largest absolute Gasteiger partial charge is 0.480 e. The van der Waals surface area contributed by atoms with Gasteiger partial charge in [-0.1, -0.05) is 19.3 Å². The number of pyridine rings is 1.